The van der Waals surface area contributed by atoms with Crippen molar-refractivity contribution in [3.05, 3.63) is 0 Å². The quantitative estimate of drug-likeness (QED) is 0.682. The normalized spacial score (nSPS) is 27.9. The molecule has 1 aliphatic heterocycles. The van der Waals surface area contributed by atoms with Crippen LogP contribution in [-0.2, 0) is 4.74 Å². The summed E-state index contributed by atoms with van der Waals surface area (Å²) in [5.74, 6) is 0.599. The molecule has 0 aromatic rings. The average molecular weight is 243 g/mol. The summed E-state index contributed by atoms with van der Waals surface area (Å²) in [6, 6.07) is 0. The van der Waals surface area contributed by atoms with E-state index in [2.05, 4.69) is 18.7 Å². The monoisotopic (exact) mass is 243 g/mol. The van der Waals surface area contributed by atoms with Crippen molar-refractivity contribution in [2.45, 2.75) is 45.6 Å². The van der Waals surface area contributed by atoms with Crippen LogP contribution in [0.3, 0.4) is 0 Å². The second-order valence-corrected chi connectivity index (χ2v) is 6.23. The number of likely N-dealkylation sites (tertiary alicyclic amines) is 1. The van der Waals surface area contributed by atoms with Crippen LogP contribution >= 0.6 is 0 Å². The molecule has 0 aromatic carbocycles. The largest absolute Gasteiger partial charge is 0.378 e. The lowest BCUT2D eigenvalue weighted by Crippen LogP contribution is -2.31. The van der Waals surface area contributed by atoms with Crippen molar-refractivity contribution in [2.75, 3.05) is 32.9 Å². The Balaban J connectivity index is 1.70. The third-order valence-electron chi connectivity index (χ3n) is 4.13. The number of hydrogen-bond acceptors (Lipinski definition) is 2. The maximum absolute atomic E-state index is 12.3. The summed E-state index contributed by atoms with van der Waals surface area (Å²) >= 11 is 0. The Morgan fingerprint density at radius 3 is 2.76 bits per heavy atom. The van der Waals surface area contributed by atoms with Gasteiger partial charge in [0.05, 0.1) is 19.4 Å². The minimum atomic E-state index is -0.153. The SMILES string of the molecule is CC(C)OCC1(CN2CCC(CCF)C2)CC1. The number of ether oxygens (including phenoxy) is 1. The van der Waals surface area contributed by atoms with Crippen LogP contribution in [-0.4, -0.2) is 43.9 Å². The molecule has 1 aliphatic carbocycles. The van der Waals surface area contributed by atoms with Gasteiger partial charge in [-0.05, 0) is 52.0 Å². The smallest absolute Gasteiger partial charge is 0.0897 e. The molecule has 0 bridgehead atoms. The fourth-order valence-corrected chi connectivity index (χ4v) is 2.79. The molecule has 0 aromatic heterocycles. The van der Waals surface area contributed by atoms with Crippen LogP contribution in [0.25, 0.3) is 0 Å². The van der Waals surface area contributed by atoms with Crippen molar-refractivity contribution < 1.29 is 9.13 Å². The Bertz CT molecular complexity index is 240. The fraction of sp³-hybridized carbons (Fsp3) is 1.00. The number of nitrogens with zero attached hydrogens (tertiary/aromatic N) is 1. The van der Waals surface area contributed by atoms with Crippen LogP contribution in [0.4, 0.5) is 4.39 Å². The van der Waals surface area contributed by atoms with E-state index in [0.29, 0.717) is 17.4 Å². The van der Waals surface area contributed by atoms with Gasteiger partial charge < -0.3 is 9.64 Å². The first kappa shape index (κ1) is 13.3. The molecule has 0 amide bonds. The Morgan fingerprint density at radius 2 is 2.18 bits per heavy atom. The molecule has 0 spiro atoms. The van der Waals surface area contributed by atoms with Gasteiger partial charge in [0, 0.05) is 18.5 Å². The van der Waals surface area contributed by atoms with Gasteiger partial charge in [-0.1, -0.05) is 0 Å². The second kappa shape index (κ2) is 5.66. The van der Waals surface area contributed by atoms with Crippen LogP contribution in [0, 0.1) is 11.3 Å². The zero-order valence-electron chi connectivity index (χ0n) is 11.3. The van der Waals surface area contributed by atoms with E-state index in [1.807, 2.05) is 0 Å². The fourth-order valence-electron chi connectivity index (χ4n) is 2.79. The standard InChI is InChI=1S/C14H26FNO/c1-12(2)17-11-14(5-6-14)10-16-8-4-13(9-16)3-7-15/h12-13H,3-11H2,1-2H3. The maximum Gasteiger partial charge on any atom is 0.0897 e. The van der Waals surface area contributed by atoms with Crippen molar-refractivity contribution in [3.8, 4) is 0 Å². The molecule has 100 valence electrons. The van der Waals surface area contributed by atoms with Crippen molar-refractivity contribution in [1.29, 1.82) is 0 Å². The van der Waals surface area contributed by atoms with E-state index >= 15 is 0 Å². The van der Waals surface area contributed by atoms with E-state index in [1.165, 1.54) is 25.8 Å². The highest BCUT2D eigenvalue weighted by Crippen LogP contribution is 2.47. The van der Waals surface area contributed by atoms with Gasteiger partial charge in [-0.15, -0.1) is 0 Å². The number of halogens is 1. The molecule has 17 heavy (non-hydrogen) atoms. The minimum absolute atomic E-state index is 0.153. The zero-order chi connectivity index (χ0) is 12.3. The van der Waals surface area contributed by atoms with Gasteiger partial charge in [-0.3, -0.25) is 4.39 Å². The van der Waals surface area contributed by atoms with E-state index in [-0.39, 0.29) is 6.67 Å². The summed E-state index contributed by atoms with van der Waals surface area (Å²) in [6.45, 7) is 8.39. The molecule has 2 fully saturated rings. The predicted octanol–water partition coefficient (Wildman–Crippen LogP) is 2.87. The molecule has 0 radical (unpaired) electrons. The van der Waals surface area contributed by atoms with E-state index in [4.69, 9.17) is 4.74 Å². The lowest BCUT2D eigenvalue weighted by atomic mass is 10.1. The molecule has 1 atom stereocenters. The lowest BCUT2D eigenvalue weighted by Gasteiger charge is -2.24. The van der Waals surface area contributed by atoms with Crippen molar-refractivity contribution in [1.82, 2.24) is 4.90 Å². The summed E-state index contributed by atoms with van der Waals surface area (Å²) in [6.07, 6.45) is 4.90. The molecule has 2 aliphatic rings. The van der Waals surface area contributed by atoms with Gasteiger partial charge in [0.25, 0.3) is 0 Å². The lowest BCUT2D eigenvalue weighted by molar-refractivity contribution is 0.0331. The average Bonchev–Trinajstić information content (AvgIpc) is 2.90. The Hall–Kier alpha value is -0.150. The highest BCUT2D eigenvalue weighted by Gasteiger charge is 2.45. The summed E-state index contributed by atoms with van der Waals surface area (Å²) in [5, 5.41) is 0. The van der Waals surface area contributed by atoms with Crippen LogP contribution < -0.4 is 0 Å². The molecule has 2 rings (SSSR count). The van der Waals surface area contributed by atoms with Gasteiger partial charge in [0.15, 0.2) is 0 Å². The summed E-state index contributed by atoms with van der Waals surface area (Å²) in [7, 11) is 0. The Kier molecular flexibility index (Phi) is 4.42. The molecule has 1 saturated carbocycles. The van der Waals surface area contributed by atoms with Gasteiger partial charge in [-0.25, -0.2) is 0 Å². The van der Waals surface area contributed by atoms with E-state index in [9.17, 15) is 4.39 Å². The third kappa shape index (κ3) is 3.92. The van der Waals surface area contributed by atoms with Crippen LogP contribution in [0.5, 0.6) is 0 Å². The first-order valence-corrected chi connectivity index (χ1v) is 7.03. The van der Waals surface area contributed by atoms with E-state index in [1.54, 1.807) is 0 Å². The summed E-state index contributed by atoms with van der Waals surface area (Å²) in [4.78, 5) is 2.52. The number of alkyl halides is 1. The highest BCUT2D eigenvalue weighted by atomic mass is 19.1. The van der Waals surface area contributed by atoms with Gasteiger partial charge >= 0.3 is 0 Å². The maximum atomic E-state index is 12.3. The third-order valence-corrected chi connectivity index (χ3v) is 4.13. The van der Waals surface area contributed by atoms with E-state index in [0.717, 1.165) is 26.1 Å². The zero-order valence-corrected chi connectivity index (χ0v) is 11.3. The first-order valence-electron chi connectivity index (χ1n) is 7.03. The number of hydrogen-bond donors (Lipinski definition) is 0. The van der Waals surface area contributed by atoms with Crippen LogP contribution in [0.1, 0.15) is 39.5 Å². The molecule has 0 N–H and O–H groups in total. The van der Waals surface area contributed by atoms with Crippen molar-refractivity contribution >= 4 is 0 Å². The molecule has 2 nitrogen and oxygen atoms in total. The highest BCUT2D eigenvalue weighted by molar-refractivity contribution is 4.96. The first-order chi connectivity index (χ1) is 8.13. The molecular weight excluding hydrogens is 217 g/mol. The van der Waals surface area contributed by atoms with Crippen LogP contribution in [0.15, 0.2) is 0 Å². The summed E-state index contributed by atoms with van der Waals surface area (Å²) < 4.78 is 18.1. The van der Waals surface area contributed by atoms with Crippen molar-refractivity contribution in [2.24, 2.45) is 11.3 Å². The molecule has 1 heterocycles. The molecule has 1 unspecified atom stereocenters. The second-order valence-electron chi connectivity index (χ2n) is 6.23. The van der Waals surface area contributed by atoms with Gasteiger partial charge in [0.1, 0.15) is 0 Å². The number of rotatable bonds is 7. The predicted molar refractivity (Wildman–Crippen MR) is 67.9 cm³/mol. The van der Waals surface area contributed by atoms with Gasteiger partial charge in [0.2, 0.25) is 0 Å². The molecular formula is C14H26FNO. The van der Waals surface area contributed by atoms with Crippen molar-refractivity contribution in [3.63, 3.8) is 0 Å². The Labute approximate surface area is 105 Å². The minimum Gasteiger partial charge on any atom is -0.378 e. The Morgan fingerprint density at radius 1 is 1.41 bits per heavy atom. The topological polar surface area (TPSA) is 12.5 Å². The van der Waals surface area contributed by atoms with E-state index < -0.39 is 0 Å². The summed E-state index contributed by atoms with van der Waals surface area (Å²) in [5.41, 5.74) is 0.439. The molecule has 1 saturated heterocycles. The molecule has 3 heteroatoms. The van der Waals surface area contributed by atoms with Gasteiger partial charge in [-0.2, -0.15) is 0 Å². The van der Waals surface area contributed by atoms with Crippen LogP contribution in [0.2, 0.25) is 0 Å².